The first-order valence-corrected chi connectivity index (χ1v) is 9.94. The van der Waals surface area contributed by atoms with Crippen molar-refractivity contribution in [3.05, 3.63) is 50.7 Å². The fourth-order valence-electron chi connectivity index (χ4n) is 3.28. The number of nitrogens with zero attached hydrogens (tertiary/aromatic N) is 1. The zero-order valence-electron chi connectivity index (χ0n) is 15.7. The van der Waals surface area contributed by atoms with Crippen LogP contribution in [0.15, 0.2) is 35.2 Å². The molecule has 1 unspecified atom stereocenters. The number of benzene rings is 1. The van der Waals surface area contributed by atoms with Gasteiger partial charge in [0.15, 0.2) is 0 Å². The van der Waals surface area contributed by atoms with Crippen molar-refractivity contribution in [3.63, 3.8) is 0 Å². The standard InChI is InChI=1S/C20H20ClNO5S/c1-4-7-22-17(15-6-5-8-28-15)16(19(24)20(22)25)18(23)11-9-12(21)14(27-3)10-13(11)26-2/h5-6,8-10,17,23H,4,7H2,1-3H3/b18-16-. The van der Waals surface area contributed by atoms with Crippen LogP contribution >= 0.6 is 22.9 Å². The Balaban J connectivity index is 2.23. The SMILES string of the molecule is CCCN1C(=O)C(=O)/C(=C(\O)c2cc(Cl)c(OC)cc2OC)C1c1cccs1. The van der Waals surface area contributed by atoms with Crippen molar-refractivity contribution in [1.82, 2.24) is 4.90 Å². The van der Waals surface area contributed by atoms with Crippen LogP contribution in [0.4, 0.5) is 0 Å². The smallest absolute Gasteiger partial charge is 0.295 e. The number of aliphatic hydroxyl groups excluding tert-OH is 1. The Hall–Kier alpha value is -2.51. The molecule has 2 aromatic rings. The maximum absolute atomic E-state index is 12.8. The fourth-order valence-corrected chi connectivity index (χ4v) is 4.37. The van der Waals surface area contributed by atoms with Crippen molar-refractivity contribution >= 4 is 40.4 Å². The number of Topliss-reactive ketones (excluding diaryl/α,β-unsaturated/α-hetero) is 1. The largest absolute Gasteiger partial charge is 0.507 e. The lowest BCUT2D eigenvalue weighted by molar-refractivity contribution is -0.139. The Morgan fingerprint density at radius 3 is 2.54 bits per heavy atom. The summed E-state index contributed by atoms with van der Waals surface area (Å²) in [6, 6.07) is 6.03. The molecule has 3 rings (SSSR count). The first kappa shape index (κ1) is 20.2. The van der Waals surface area contributed by atoms with E-state index in [1.54, 1.807) is 0 Å². The van der Waals surface area contributed by atoms with E-state index >= 15 is 0 Å². The average Bonchev–Trinajstić information content (AvgIpc) is 3.30. The molecule has 1 fully saturated rings. The van der Waals surface area contributed by atoms with Crippen LogP contribution in [-0.4, -0.2) is 42.5 Å². The molecule has 148 valence electrons. The number of halogens is 1. The molecule has 0 aliphatic carbocycles. The number of ether oxygens (including phenoxy) is 2. The molecule has 0 spiro atoms. The lowest BCUT2D eigenvalue weighted by Crippen LogP contribution is -2.30. The van der Waals surface area contributed by atoms with Crippen LogP contribution in [0.2, 0.25) is 5.02 Å². The van der Waals surface area contributed by atoms with Crippen molar-refractivity contribution in [1.29, 1.82) is 0 Å². The van der Waals surface area contributed by atoms with Crippen LogP contribution in [-0.2, 0) is 9.59 Å². The van der Waals surface area contributed by atoms with Crippen molar-refractivity contribution in [2.75, 3.05) is 20.8 Å². The summed E-state index contributed by atoms with van der Waals surface area (Å²) in [4.78, 5) is 27.7. The van der Waals surface area contributed by atoms with Gasteiger partial charge in [-0.3, -0.25) is 9.59 Å². The Morgan fingerprint density at radius 2 is 1.96 bits per heavy atom. The van der Waals surface area contributed by atoms with Crippen molar-refractivity contribution in [2.45, 2.75) is 19.4 Å². The molecule has 1 amide bonds. The molecule has 1 aliphatic rings. The highest BCUT2D eigenvalue weighted by molar-refractivity contribution is 7.10. The molecule has 1 aliphatic heterocycles. The minimum absolute atomic E-state index is 0.0282. The summed E-state index contributed by atoms with van der Waals surface area (Å²) < 4.78 is 10.5. The highest BCUT2D eigenvalue weighted by atomic mass is 35.5. The summed E-state index contributed by atoms with van der Waals surface area (Å²) >= 11 is 7.63. The van der Waals surface area contributed by atoms with Gasteiger partial charge in [-0.15, -0.1) is 11.3 Å². The van der Waals surface area contributed by atoms with Gasteiger partial charge in [0.1, 0.15) is 17.3 Å². The first-order valence-electron chi connectivity index (χ1n) is 8.68. The highest BCUT2D eigenvalue weighted by Crippen LogP contribution is 2.43. The van der Waals surface area contributed by atoms with Gasteiger partial charge in [0, 0.05) is 17.5 Å². The topological polar surface area (TPSA) is 76.1 Å². The zero-order valence-corrected chi connectivity index (χ0v) is 17.3. The fraction of sp³-hybridized carbons (Fsp3) is 0.300. The minimum atomic E-state index is -0.724. The van der Waals surface area contributed by atoms with Gasteiger partial charge < -0.3 is 19.5 Å². The summed E-state index contributed by atoms with van der Waals surface area (Å²) in [6.45, 7) is 2.33. The predicted octanol–water partition coefficient (Wildman–Crippen LogP) is 4.25. The van der Waals surface area contributed by atoms with E-state index in [0.717, 1.165) is 4.88 Å². The summed E-state index contributed by atoms with van der Waals surface area (Å²) in [5.74, 6) is -1.02. The Kier molecular flexibility index (Phi) is 5.96. The van der Waals surface area contributed by atoms with Crippen molar-refractivity contribution < 1.29 is 24.2 Å². The van der Waals surface area contributed by atoms with Gasteiger partial charge in [0.25, 0.3) is 11.7 Å². The molecule has 28 heavy (non-hydrogen) atoms. The molecular formula is C20H20ClNO5S. The lowest BCUT2D eigenvalue weighted by Gasteiger charge is -2.23. The van der Waals surface area contributed by atoms with E-state index in [2.05, 4.69) is 0 Å². The number of hydrogen-bond acceptors (Lipinski definition) is 6. The Labute approximate surface area is 171 Å². The third-order valence-corrected chi connectivity index (χ3v) is 5.77. The van der Waals surface area contributed by atoms with Crippen LogP contribution in [0.1, 0.15) is 29.8 Å². The summed E-state index contributed by atoms with van der Waals surface area (Å²) in [7, 11) is 2.90. The third kappa shape index (κ3) is 3.36. The maximum atomic E-state index is 12.8. The molecule has 1 aromatic heterocycles. The molecule has 0 radical (unpaired) electrons. The van der Waals surface area contributed by atoms with Crippen LogP contribution < -0.4 is 9.47 Å². The van der Waals surface area contributed by atoms with E-state index in [1.165, 1.54) is 42.6 Å². The molecule has 1 atom stereocenters. The number of aliphatic hydroxyl groups is 1. The zero-order chi connectivity index (χ0) is 20.4. The van der Waals surface area contributed by atoms with E-state index in [0.29, 0.717) is 18.7 Å². The van der Waals surface area contributed by atoms with Gasteiger partial charge in [-0.2, -0.15) is 0 Å². The number of thiophene rings is 1. The van der Waals surface area contributed by atoms with Gasteiger partial charge in [0.05, 0.1) is 36.4 Å². The number of carbonyl (C=O) groups excluding carboxylic acids is 2. The first-order chi connectivity index (χ1) is 13.4. The van der Waals surface area contributed by atoms with Crippen molar-refractivity contribution in [2.24, 2.45) is 0 Å². The predicted molar refractivity (Wildman–Crippen MR) is 108 cm³/mol. The summed E-state index contributed by atoms with van der Waals surface area (Å²) in [5, 5.41) is 13.2. The Bertz CT molecular complexity index is 938. The second-order valence-electron chi connectivity index (χ2n) is 6.19. The maximum Gasteiger partial charge on any atom is 0.295 e. The van der Waals surface area contributed by atoms with Crippen LogP contribution in [0.5, 0.6) is 11.5 Å². The lowest BCUT2D eigenvalue weighted by atomic mass is 9.99. The molecule has 1 aromatic carbocycles. The molecule has 1 saturated heterocycles. The number of rotatable bonds is 6. The number of hydrogen-bond donors (Lipinski definition) is 1. The minimum Gasteiger partial charge on any atom is -0.507 e. The number of methoxy groups -OCH3 is 2. The van der Waals surface area contributed by atoms with Gasteiger partial charge in [-0.1, -0.05) is 24.6 Å². The van der Waals surface area contributed by atoms with E-state index in [-0.39, 0.29) is 27.7 Å². The van der Waals surface area contributed by atoms with Gasteiger partial charge >= 0.3 is 0 Å². The molecule has 6 nitrogen and oxygen atoms in total. The number of carbonyl (C=O) groups is 2. The van der Waals surface area contributed by atoms with E-state index in [9.17, 15) is 14.7 Å². The van der Waals surface area contributed by atoms with Crippen LogP contribution in [0.25, 0.3) is 5.76 Å². The van der Waals surface area contributed by atoms with E-state index in [4.69, 9.17) is 21.1 Å². The molecule has 1 N–H and O–H groups in total. The molecular weight excluding hydrogens is 402 g/mol. The average molecular weight is 422 g/mol. The summed E-state index contributed by atoms with van der Waals surface area (Å²) in [5.41, 5.74) is 0.254. The van der Waals surface area contributed by atoms with Gasteiger partial charge in [-0.05, 0) is 23.9 Å². The second-order valence-corrected chi connectivity index (χ2v) is 7.58. The molecule has 2 heterocycles. The van der Waals surface area contributed by atoms with Crippen LogP contribution in [0.3, 0.4) is 0 Å². The van der Waals surface area contributed by atoms with E-state index in [1.807, 2.05) is 24.4 Å². The normalized spacial score (nSPS) is 18.6. The third-order valence-electron chi connectivity index (χ3n) is 4.55. The van der Waals surface area contributed by atoms with Gasteiger partial charge in [-0.25, -0.2) is 0 Å². The van der Waals surface area contributed by atoms with Gasteiger partial charge in [0.2, 0.25) is 0 Å². The van der Waals surface area contributed by atoms with E-state index < -0.39 is 17.7 Å². The van der Waals surface area contributed by atoms with Crippen LogP contribution in [0, 0.1) is 0 Å². The molecule has 0 bridgehead atoms. The quantitative estimate of drug-likeness (QED) is 0.428. The molecule has 8 heteroatoms. The second kappa shape index (κ2) is 8.24. The van der Waals surface area contributed by atoms with Crippen molar-refractivity contribution in [3.8, 4) is 11.5 Å². The highest BCUT2D eigenvalue weighted by Gasteiger charge is 2.46. The number of amides is 1. The monoisotopic (exact) mass is 421 g/mol. The number of likely N-dealkylation sites (tertiary alicyclic amines) is 1. The number of ketones is 1. The summed E-state index contributed by atoms with van der Waals surface area (Å²) in [6.07, 6.45) is 0.687. The Morgan fingerprint density at radius 1 is 1.25 bits per heavy atom. The molecule has 0 saturated carbocycles.